The maximum atomic E-state index is 12.8. The van der Waals surface area contributed by atoms with E-state index in [2.05, 4.69) is 15.5 Å². The highest BCUT2D eigenvalue weighted by molar-refractivity contribution is 7.09. The highest BCUT2D eigenvalue weighted by Crippen LogP contribution is 2.51. The highest BCUT2D eigenvalue weighted by Gasteiger charge is 2.60. The molecular formula is C7H7F2N3O2S. The number of nitrogens with one attached hydrogen (secondary N) is 1. The van der Waals surface area contributed by atoms with Crippen LogP contribution >= 0.6 is 11.3 Å². The molecule has 1 aromatic heterocycles. The summed E-state index contributed by atoms with van der Waals surface area (Å²) < 4.78 is 25.6. The van der Waals surface area contributed by atoms with Crippen molar-refractivity contribution < 1.29 is 18.7 Å². The summed E-state index contributed by atoms with van der Waals surface area (Å²) in [6.45, 7) is 0. The molecule has 0 unspecified atom stereocenters. The van der Waals surface area contributed by atoms with Crippen molar-refractivity contribution in [2.45, 2.75) is 24.3 Å². The van der Waals surface area contributed by atoms with Gasteiger partial charge in [0.05, 0.1) is 0 Å². The summed E-state index contributed by atoms with van der Waals surface area (Å²) in [6, 6.07) is 0. The Hall–Kier alpha value is -1.31. The number of amides is 1. The highest BCUT2D eigenvalue weighted by atomic mass is 32.1. The van der Waals surface area contributed by atoms with Crippen LogP contribution in [0.3, 0.4) is 0 Å². The van der Waals surface area contributed by atoms with E-state index in [0.29, 0.717) is 0 Å². The Kier molecular flexibility index (Phi) is 2.10. The summed E-state index contributed by atoms with van der Waals surface area (Å²) in [5, 5.41) is 18.1. The molecular weight excluding hydrogens is 228 g/mol. The Morgan fingerprint density at radius 1 is 1.60 bits per heavy atom. The van der Waals surface area contributed by atoms with Gasteiger partial charge in [-0.2, -0.15) is 0 Å². The second kappa shape index (κ2) is 3.09. The van der Waals surface area contributed by atoms with Gasteiger partial charge in [0.2, 0.25) is 0 Å². The number of carbonyl (C=O) groups is 1. The van der Waals surface area contributed by atoms with Crippen LogP contribution in [0.5, 0.6) is 0 Å². The fourth-order valence-electron chi connectivity index (χ4n) is 1.71. The second-order valence-corrected chi connectivity index (χ2v) is 4.30. The molecule has 0 spiro atoms. The molecule has 2 N–H and O–H groups in total. The first-order chi connectivity index (χ1) is 6.94. The van der Waals surface area contributed by atoms with Gasteiger partial charge in [0, 0.05) is 12.8 Å². The van der Waals surface area contributed by atoms with Gasteiger partial charge in [-0.05, 0) is 0 Å². The third-order valence-electron chi connectivity index (χ3n) is 2.24. The molecule has 8 heteroatoms. The van der Waals surface area contributed by atoms with Crippen LogP contribution in [-0.4, -0.2) is 27.3 Å². The molecule has 1 aliphatic carbocycles. The van der Waals surface area contributed by atoms with Gasteiger partial charge in [-0.1, -0.05) is 0 Å². The van der Waals surface area contributed by atoms with Gasteiger partial charge in [-0.15, -0.1) is 21.5 Å². The molecule has 0 atom stereocenters. The minimum Gasteiger partial charge on any atom is -0.465 e. The Bertz CT molecular complexity index is 374. The van der Waals surface area contributed by atoms with Crippen molar-refractivity contribution in [2.75, 3.05) is 0 Å². The first kappa shape index (κ1) is 10.2. The number of rotatable bonds is 2. The van der Waals surface area contributed by atoms with E-state index in [1.165, 1.54) is 5.51 Å². The van der Waals surface area contributed by atoms with Crippen molar-refractivity contribution in [3.05, 3.63) is 10.5 Å². The summed E-state index contributed by atoms with van der Waals surface area (Å²) in [5.74, 6) is -2.83. The van der Waals surface area contributed by atoms with Crippen LogP contribution < -0.4 is 5.32 Å². The molecule has 1 aliphatic rings. The minimum absolute atomic E-state index is 0.288. The molecule has 0 bridgehead atoms. The monoisotopic (exact) mass is 235 g/mol. The van der Waals surface area contributed by atoms with Gasteiger partial charge >= 0.3 is 6.09 Å². The van der Waals surface area contributed by atoms with Crippen LogP contribution in [0, 0.1) is 0 Å². The zero-order valence-electron chi connectivity index (χ0n) is 7.41. The number of alkyl halides is 2. The third-order valence-corrected chi connectivity index (χ3v) is 3.13. The van der Waals surface area contributed by atoms with E-state index in [1.54, 1.807) is 0 Å². The van der Waals surface area contributed by atoms with E-state index >= 15 is 0 Å². The van der Waals surface area contributed by atoms with E-state index < -0.39 is 30.4 Å². The number of halogens is 2. The number of nitrogens with zero attached hydrogens (tertiary/aromatic N) is 2. The van der Waals surface area contributed by atoms with Crippen molar-refractivity contribution in [3.63, 3.8) is 0 Å². The van der Waals surface area contributed by atoms with Gasteiger partial charge < -0.3 is 10.4 Å². The van der Waals surface area contributed by atoms with Gasteiger partial charge in [0.1, 0.15) is 16.1 Å². The van der Waals surface area contributed by atoms with E-state index in [-0.39, 0.29) is 5.01 Å². The molecule has 0 radical (unpaired) electrons. The zero-order valence-corrected chi connectivity index (χ0v) is 8.22. The molecule has 1 heterocycles. The van der Waals surface area contributed by atoms with Gasteiger partial charge in [-0.25, -0.2) is 13.6 Å². The maximum absolute atomic E-state index is 12.8. The summed E-state index contributed by atoms with van der Waals surface area (Å²) in [4.78, 5) is 10.5. The largest absolute Gasteiger partial charge is 0.465 e. The molecule has 0 saturated heterocycles. The predicted molar refractivity (Wildman–Crippen MR) is 46.9 cm³/mol. The number of carboxylic acid groups (broad SMARTS) is 1. The topological polar surface area (TPSA) is 75.1 Å². The van der Waals surface area contributed by atoms with Crippen LogP contribution in [0.4, 0.5) is 13.6 Å². The van der Waals surface area contributed by atoms with Gasteiger partial charge in [-0.3, -0.25) is 0 Å². The molecule has 0 aliphatic heterocycles. The number of aromatic nitrogens is 2. The molecule has 15 heavy (non-hydrogen) atoms. The van der Waals surface area contributed by atoms with Crippen LogP contribution in [0.2, 0.25) is 0 Å². The van der Waals surface area contributed by atoms with Crippen LogP contribution in [0.15, 0.2) is 5.51 Å². The van der Waals surface area contributed by atoms with E-state index in [4.69, 9.17) is 5.11 Å². The van der Waals surface area contributed by atoms with Crippen LogP contribution in [0.1, 0.15) is 17.8 Å². The van der Waals surface area contributed by atoms with Crippen molar-refractivity contribution in [3.8, 4) is 0 Å². The Labute approximate surface area is 87.1 Å². The van der Waals surface area contributed by atoms with E-state index in [9.17, 15) is 13.6 Å². The van der Waals surface area contributed by atoms with E-state index in [1.807, 2.05) is 0 Å². The lowest BCUT2D eigenvalue weighted by Gasteiger charge is -2.45. The van der Waals surface area contributed by atoms with Crippen molar-refractivity contribution in [2.24, 2.45) is 0 Å². The Morgan fingerprint density at radius 2 is 2.27 bits per heavy atom. The molecule has 1 amide bonds. The van der Waals surface area contributed by atoms with Gasteiger partial charge in [0.25, 0.3) is 5.92 Å². The normalized spacial score (nSPS) is 21.7. The third kappa shape index (κ3) is 1.76. The molecule has 82 valence electrons. The number of hydrogen-bond acceptors (Lipinski definition) is 4. The van der Waals surface area contributed by atoms with E-state index in [0.717, 1.165) is 11.3 Å². The molecule has 1 fully saturated rings. The minimum atomic E-state index is -2.83. The number of hydrogen-bond donors (Lipinski definition) is 2. The van der Waals surface area contributed by atoms with Crippen LogP contribution in [0.25, 0.3) is 0 Å². The lowest BCUT2D eigenvalue weighted by Crippen LogP contribution is -2.59. The fourth-order valence-corrected chi connectivity index (χ4v) is 2.42. The van der Waals surface area contributed by atoms with Gasteiger partial charge in [0.15, 0.2) is 0 Å². The first-order valence-corrected chi connectivity index (χ1v) is 4.97. The summed E-state index contributed by atoms with van der Waals surface area (Å²) >= 11 is 1.07. The first-order valence-electron chi connectivity index (χ1n) is 4.09. The summed E-state index contributed by atoms with van der Waals surface area (Å²) in [7, 11) is 0. The molecule has 1 aromatic rings. The van der Waals surface area contributed by atoms with Crippen molar-refractivity contribution >= 4 is 17.4 Å². The standard InChI is InChI=1S/C7H7F2N3O2S/c8-7(9)1-6(2-7,11-5(13)14)4-12-10-3-15-4/h3,11H,1-2H2,(H,13,14). The van der Waals surface area contributed by atoms with Crippen molar-refractivity contribution in [1.29, 1.82) is 0 Å². The Morgan fingerprint density at radius 3 is 2.67 bits per heavy atom. The zero-order chi connectivity index (χ0) is 11.1. The smallest absolute Gasteiger partial charge is 0.405 e. The Balaban J connectivity index is 2.23. The quantitative estimate of drug-likeness (QED) is 0.813. The predicted octanol–water partition coefficient (Wildman–Crippen LogP) is 1.43. The average molecular weight is 235 g/mol. The lowest BCUT2D eigenvalue weighted by atomic mass is 9.74. The summed E-state index contributed by atoms with van der Waals surface area (Å²) in [5.41, 5.74) is 0.133. The second-order valence-electron chi connectivity index (χ2n) is 3.47. The summed E-state index contributed by atoms with van der Waals surface area (Å²) in [6.07, 6.45) is -2.44. The lowest BCUT2D eigenvalue weighted by molar-refractivity contribution is -0.134. The fraction of sp³-hybridized carbons (Fsp3) is 0.571. The molecule has 1 saturated carbocycles. The molecule has 5 nitrogen and oxygen atoms in total. The molecule has 0 aromatic carbocycles. The molecule has 2 rings (SSSR count). The van der Waals surface area contributed by atoms with Crippen LogP contribution in [-0.2, 0) is 5.54 Å². The van der Waals surface area contributed by atoms with Crippen molar-refractivity contribution in [1.82, 2.24) is 15.5 Å². The maximum Gasteiger partial charge on any atom is 0.405 e. The SMILES string of the molecule is O=C(O)NC1(c2nncs2)CC(F)(F)C1. The average Bonchev–Trinajstić information content (AvgIpc) is 2.49.